The van der Waals surface area contributed by atoms with Gasteiger partial charge in [0.1, 0.15) is 0 Å². The Labute approximate surface area is 121 Å². The highest BCUT2D eigenvalue weighted by atomic mass is 16.2. The van der Waals surface area contributed by atoms with Crippen LogP contribution in [-0.2, 0) is 9.59 Å². The number of hydrogen-bond acceptors (Lipinski definition) is 2. The monoisotopic (exact) mass is 278 g/mol. The Morgan fingerprint density at radius 1 is 1.20 bits per heavy atom. The molecule has 0 aromatic carbocycles. The van der Waals surface area contributed by atoms with E-state index in [9.17, 15) is 9.59 Å². The SMILES string of the molecule is CC(C)=C[C@H]1[C@H](C(=O)N2CCC(C(N)=O)CC2)C1(C)C. The van der Waals surface area contributed by atoms with Crippen LogP contribution in [0.5, 0.6) is 0 Å². The number of carbonyl (C=O) groups is 2. The summed E-state index contributed by atoms with van der Waals surface area (Å²) in [7, 11) is 0. The van der Waals surface area contributed by atoms with Gasteiger partial charge in [-0.15, -0.1) is 0 Å². The van der Waals surface area contributed by atoms with Crippen molar-refractivity contribution >= 4 is 11.8 Å². The summed E-state index contributed by atoms with van der Waals surface area (Å²) in [6.07, 6.45) is 3.64. The average molecular weight is 278 g/mol. The van der Waals surface area contributed by atoms with Gasteiger partial charge in [-0.05, 0) is 38.0 Å². The fraction of sp³-hybridized carbons (Fsp3) is 0.750. The lowest BCUT2D eigenvalue weighted by Gasteiger charge is -2.31. The van der Waals surface area contributed by atoms with Gasteiger partial charge in [0.05, 0.1) is 5.92 Å². The number of amides is 2. The van der Waals surface area contributed by atoms with Gasteiger partial charge in [-0.3, -0.25) is 9.59 Å². The molecule has 2 amide bonds. The minimum atomic E-state index is -0.230. The molecule has 1 aliphatic carbocycles. The second-order valence-electron chi connectivity index (χ2n) is 7.07. The van der Waals surface area contributed by atoms with Crippen molar-refractivity contribution in [1.82, 2.24) is 4.90 Å². The Morgan fingerprint density at radius 2 is 1.75 bits per heavy atom. The first-order chi connectivity index (χ1) is 9.25. The summed E-state index contributed by atoms with van der Waals surface area (Å²) in [6.45, 7) is 9.81. The molecule has 0 radical (unpaired) electrons. The smallest absolute Gasteiger partial charge is 0.226 e. The predicted octanol–water partition coefficient (Wildman–Crippen LogP) is 1.95. The van der Waals surface area contributed by atoms with Crippen LogP contribution in [0.1, 0.15) is 40.5 Å². The third-order valence-electron chi connectivity index (χ3n) is 4.90. The third-order valence-corrected chi connectivity index (χ3v) is 4.90. The molecule has 1 aliphatic heterocycles. The summed E-state index contributed by atoms with van der Waals surface area (Å²) < 4.78 is 0. The molecule has 4 heteroatoms. The average Bonchev–Trinajstić information content (AvgIpc) is 2.89. The molecule has 1 saturated heterocycles. The number of allylic oxidation sites excluding steroid dienone is 2. The molecule has 20 heavy (non-hydrogen) atoms. The number of primary amides is 1. The van der Waals surface area contributed by atoms with Crippen molar-refractivity contribution in [2.45, 2.75) is 40.5 Å². The van der Waals surface area contributed by atoms with Gasteiger partial charge in [0.15, 0.2) is 0 Å². The molecule has 0 bridgehead atoms. The highest BCUT2D eigenvalue weighted by Gasteiger charge is 2.61. The van der Waals surface area contributed by atoms with Crippen LogP contribution in [0.4, 0.5) is 0 Å². The summed E-state index contributed by atoms with van der Waals surface area (Å²) in [5.74, 6) is 0.419. The maximum Gasteiger partial charge on any atom is 0.226 e. The van der Waals surface area contributed by atoms with Crippen molar-refractivity contribution in [3.8, 4) is 0 Å². The van der Waals surface area contributed by atoms with Gasteiger partial charge in [0.2, 0.25) is 11.8 Å². The predicted molar refractivity (Wildman–Crippen MR) is 78.7 cm³/mol. The first kappa shape index (κ1) is 15.1. The Bertz CT molecular complexity index is 441. The quantitative estimate of drug-likeness (QED) is 0.802. The molecule has 0 spiro atoms. The first-order valence-corrected chi connectivity index (χ1v) is 7.48. The standard InChI is InChI=1S/C16H26N2O2/c1-10(2)9-12-13(16(12,3)4)15(20)18-7-5-11(6-8-18)14(17)19/h9,11-13H,5-8H2,1-4H3,(H2,17,19)/t12-,13+/m0/s1. The number of likely N-dealkylation sites (tertiary alicyclic amines) is 1. The molecular formula is C16H26N2O2. The zero-order valence-electron chi connectivity index (χ0n) is 13.0. The summed E-state index contributed by atoms with van der Waals surface area (Å²) in [4.78, 5) is 25.7. The molecular weight excluding hydrogens is 252 g/mol. The van der Waals surface area contributed by atoms with Gasteiger partial charge in [-0.2, -0.15) is 0 Å². The molecule has 2 fully saturated rings. The summed E-state index contributed by atoms with van der Waals surface area (Å²) in [5.41, 5.74) is 6.66. The minimum Gasteiger partial charge on any atom is -0.369 e. The van der Waals surface area contributed by atoms with E-state index < -0.39 is 0 Å². The largest absolute Gasteiger partial charge is 0.369 e. The zero-order chi connectivity index (χ0) is 15.1. The van der Waals surface area contributed by atoms with Crippen molar-refractivity contribution in [1.29, 1.82) is 0 Å². The number of rotatable bonds is 3. The van der Waals surface area contributed by atoms with Gasteiger partial charge in [-0.1, -0.05) is 25.5 Å². The minimum absolute atomic E-state index is 0.0557. The van der Waals surface area contributed by atoms with E-state index in [1.54, 1.807) is 0 Å². The molecule has 2 rings (SSSR count). The third kappa shape index (κ3) is 2.74. The molecule has 0 aromatic rings. The van der Waals surface area contributed by atoms with Gasteiger partial charge < -0.3 is 10.6 Å². The molecule has 1 saturated carbocycles. The summed E-state index contributed by atoms with van der Waals surface area (Å²) >= 11 is 0. The molecule has 1 heterocycles. The number of nitrogens with two attached hydrogens (primary N) is 1. The normalized spacial score (nSPS) is 28.9. The van der Waals surface area contributed by atoms with E-state index in [1.807, 2.05) is 4.90 Å². The van der Waals surface area contributed by atoms with E-state index in [4.69, 9.17) is 5.73 Å². The summed E-state index contributed by atoms with van der Waals surface area (Å²) in [5, 5.41) is 0. The maximum absolute atomic E-state index is 12.6. The molecule has 0 aromatic heterocycles. The van der Waals surface area contributed by atoms with E-state index in [-0.39, 0.29) is 29.1 Å². The van der Waals surface area contributed by atoms with Crippen molar-refractivity contribution in [3.63, 3.8) is 0 Å². The first-order valence-electron chi connectivity index (χ1n) is 7.48. The molecule has 2 N–H and O–H groups in total. The topological polar surface area (TPSA) is 63.4 Å². The van der Waals surface area contributed by atoms with Gasteiger partial charge in [0, 0.05) is 19.0 Å². The maximum atomic E-state index is 12.6. The van der Waals surface area contributed by atoms with Crippen molar-refractivity contribution in [2.24, 2.45) is 28.9 Å². The lowest BCUT2D eigenvalue weighted by molar-refractivity contribution is -0.136. The van der Waals surface area contributed by atoms with Crippen LogP contribution >= 0.6 is 0 Å². The molecule has 2 atom stereocenters. The number of piperidine rings is 1. The molecule has 4 nitrogen and oxygen atoms in total. The van der Waals surface area contributed by atoms with Crippen molar-refractivity contribution < 1.29 is 9.59 Å². The van der Waals surface area contributed by atoms with Crippen molar-refractivity contribution in [3.05, 3.63) is 11.6 Å². The van der Waals surface area contributed by atoms with Gasteiger partial charge in [-0.25, -0.2) is 0 Å². The van der Waals surface area contributed by atoms with Crippen LogP contribution in [0, 0.1) is 23.2 Å². The van der Waals surface area contributed by atoms with Crippen molar-refractivity contribution in [2.75, 3.05) is 13.1 Å². The van der Waals surface area contributed by atoms with E-state index in [0.29, 0.717) is 31.8 Å². The Morgan fingerprint density at radius 3 is 2.20 bits per heavy atom. The van der Waals surface area contributed by atoms with Crippen LogP contribution in [0.2, 0.25) is 0 Å². The second kappa shape index (κ2) is 5.23. The Kier molecular flexibility index (Phi) is 3.94. The molecule has 112 valence electrons. The van der Waals surface area contributed by atoms with Gasteiger partial charge in [0.25, 0.3) is 0 Å². The number of carbonyl (C=O) groups excluding carboxylic acids is 2. The van der Waals surface area contributed by atoms with Crippen LogP contribution in [0.25, 0.3) is 0 Å². The van der Waals surface area contributed by atoms with E-state index in [1.165, 1.54) is 5.57 Å². The number of nitrogens with zero attached hydrogens (tertiary/aromatic N) is 1. The fourth-order valence-electron chi connectivity index (χ4n) is 3.40. The van der Waals surface area contributed by atoms with Crippen LogP contribution in [0.3, 0.4) is 0 Å². The fourth-order valence-corrected chi connectivity index (χ4v) is 3.40. The lowest BCUT2D eigenvalue weighted by Crippen LogP contribution is -2.43. The van der Waals surface area contributed by atoms with E-state index in [0.717, 1.165) is 0 Å². The molecule has 0 unspecified atom stereocenters. The highest BCUT2D eigenvalue weighted by Crippen LogP contribution is 2.60. The van der Waals surface area contributed by atoms with Crippen LogP contribution in [0.15, 0.2) is 11.6 Å². The van der Waals surface area contributed by atoms with Crippen LogP contribution < -0.4 is 5.73 Å². The Hall–Kier alpha value is -1.32. The lowest BCUT2D eigenvalue weighted by atomic mass is 9.95. The zero-order valence-corrected chi connectivity index (χ0v) is 13.0. The van der Waals surface area contributed by atoms with E-state index in [2.05, 4.69) is 33.8 Å². The highest BCUT2D eigenvalue weighted by molar-refractivity contribution is 5.84. The van der Waals surface area contributed by atoms with Crippen LogP contribution in [-0.4, -0.2) is 29.8 Å². The Balaban J connectivity index is 1.97. The number of hydrogen-bond donors (Lipinski definition) is 1. The van der Waals surface area contributed by atoms with Gasteiger partial charge >= 0.3 is 0 Å². The molecule has 2 aliphatic rings. The summed E-state index contributed by atoms with van der Waals surface area (Å²) in [6, 6.07) is 0. The van der Waals surface area contributed by atoms with E-state index >= 15 is 0 Å². The second-order valence-corrected chi connectivity index (χ2v) is 7.07.